The Labute approximate surface area is 140 Å². The molecule has 5 heteroatoms. The van der Waals surface area contributed by atoms with Gasteiger partial charge in [0, 0.05) is 17.2 Å². The van der Waals surface area contributed by atoms with Gasteiger partial charge in [-0.25, -0.2) is 4.98 Å². The fraction of sp³-hybridized carbons (Fsp3) is 0.333. The molecule has 0 saturated heterocycles. The van der Waals surface area contributed by atoms with Gasteiger partial charge in [0.1, 0.15) is 16.3 Å². The Hall–Kier alpha value is -2.07. The molecule has 1 aliphatic rings. The molecule has 0 radical (unpaired) electrons. The van der Waals surface area contributed by atoms with Gasteiger partial charge in [-0.1, -0.05) is 35.4 Å². The molecule has 1 heterocycles. The van der Waals surface area contributed by atoms with Crippen molar-refractivity contribution in [3.63, 3.8) is 0 Å². The lowest BCUT2D eigenvalue weighted by molar-refractivity contribution is -0.143. The van der Waals surface area contributed by atoms with Gasteiger partial charge in [-0.3, -0.25) is 4.79 Å². The van der Waals surface area contributed by atoms with Crippen LogP contribution in [0.15, 0.2) is 36.4 Å². The molecule has 0 amide bonds. The number of ether oxygens (including phenoxy) is 2. The highest BCUT2D eigenvalue weighted by Gasteiger charge is 2.64. The van der Waals surface area contributed by atoms with E-state index < -0.39 is 5.41 Å². The fourth-order valence-electron chi connectivity index (χ4n) is 3.22. The summed E-state index contributed by atoms with van der Waals surface area (Å²) in [4.78, 5) is 17.0. The van der Waals surface area contributed by atoms with Crippen molar-refractivity contribution in [3.8, 4) is 5.75 Å². The van der Waals surface area contributed by atoms with Gasteiger partial charge in [0.2, 0.25) is 0 Å². The van der Waals surface area contributed by atoms with Crippen molar-refractivity contribution >= 4 is 17.6 Å². The lowest BCUT2D eigenvalue weighted by atomic mass is 9.90. The third-order valence-corrected chi connectivity index (χ3v) is 4.65. The van der Waals surface area contributed by atoms with E-state index in [9.17, 15) is 4.79 Å². The average Bonchev–Trinajstić information content (AvgIpc) is 3.31. The molecule has 1 aromatic carbocycles. The van der Waals surface area contributed by atoms with E-state index in [0.717, 1.165) is 16.8 Å². The minimum atomic E-state index is -0.760. The van der Waals surface area contributed by atoms with Crippen LogP contribution >= 0.6 is 11.6 Å². The van der Waals surface area contributed by atoms with Crippen LogP contribution in [0.25, 0.3) is 0 Å². The number of methoxy groups -OCH3 is 2. The van der Waals surface area contributed by atoms with E-state index in [1.165, 1.54) is 7.11 Å². The second-order valence-electron chi connectivity index (χ2n) is 5.81. The summed E-state index contributed by atoms with van der Waals surface area (Å²) in [6, 6.07) is 11.3. The van der Waals surface area contributed by atoms with Gasteiger partial charge >= 0.3 is 5.97 Å². The van der Waals surface area contributed by atoms with Crippen LogP contribution in [0.1, 0.15) is 29.2 Å². The maximum Gasteiger partial charge on any atom is 0.317 e. The molecular weight excluding hydrogens is 314 g/mol. The number of esters is 1. The zero-order valence-corrected chi connectivity index (χ0v) is 14.1. The SMILES string of the molecule is COC(=O)[C@@]1(c2cc(C)ccc2OC)C[C@@H]1c1cccc(Cl)n1. The summed E-state index contributed by atoms with van der Waals surface area (Å²) < 4.78 is 10.6. The van der Waals surface area contributed by atoms with Crippen molar-refractivity contribution in [3.05, 3.63) is 58.4 Å². The number of hydrogen-bond donors (Lipinski definition) is 0. The van der Waals surface area contributed by atoms with Crippen LogP contribution in [-0.4, -0.2) is 25.2 Å². The van der Waals surface area contributed by atoms with Crippen LogP contribution in [0.5, 0.6) is 5.75 Å². The largest absolute Gasteiger partial charge is 0.496 e. The Morgan fingerprint density at radius 3 is 2.74 bits per heavy atom. The molecule has 2 atom stereocenters. The van der Waals surface area contributed by atoms with Crippen molar-refractivity contribution in [2.75, 3.05) is 14.2 Å². The van der Waals surface area contributed by atoms with Gasteiger partial charge in [-0.05, 0) is 31.5 Å². The number of benzene rings is 1. The molecule has 0 spiro atoms. The van der Waals surface area contributed by atoms with Crippen molar-refractivity contribution in [1.82, 2.24) is 4.98 Å². The molecule has 0 unspecified atom stereocenters. The van der Waals surface area contributed by atoms with E-state index in [-0.39, 0.29) is 11.9 Å². The first-order valence-corrected chi connectivity index (χ1v) is 7.76. The van der Waals surface area contributed by atoms with Gasteiger partial charge in [-0.2, -0.15) is 0 Å². The van der Waals surface area contributed by atoms with Crippen molar-refractivity contribution in [2.45, 2.75) is 24.7 Å². The third-order valence-electron chi connectivity index (χ3n) is 4.44. The Morgan fingerprint density at radius 2 is 2.09 bits per heavy atom. The second-order valence-corrected chi connectivity index (χ2v) is 6.20. The summed E-state index contributed by atoms with van der Waals surface area (Å²) in [7, 11) is 3.02. The third kappa shape index (κ3) is 2.57. The Kier molecular flexibility index (Phi) is 4.02. The predicted octanol–water partition coefficient (Wildman–Crippen LogP) is 3.65. The molecule has 3 rings (SSSR count). The molecule has 0 bridgehead atoms. The van der Waals surface area contributed by atoms with Crippen molar-refractivity contribution in [1.29, 1.82) is 0 Å². The van der Waals surface area contributed by atoms with E-state index in [2.05, 4.69) is 4.98 Å². The lowest BCUT2D eigenvalue weighted by Crippen LogP contribution is -2.25. The quantitative estimate of drug-likeness (QED) is 0.634. The van der Waals surface area contributed by atoms with Crippen molar-refractivity contribution < 1.29 is 14.3 Å². The number of aryl methyl sites for hydroxylation is 1. The van der Waals surface area contributed by atoms with E-state index in [4.69, 9.17) is 21.1 Å². The van der Waals surface area contributed by atoms with E-state index in [1.54, 1.807) is 13.2 Å². The summed E-state index contributed by atoms with van der Waals surface area (Å²) in [5.41, 5.74) is 1.95. The second kappa shape index (κ2) is 5.85. The minimum Gasteiger partial charge on any atom is -0.496 e. The van der Waals surface area contributed by atoms with E-state index in [1.807, 2.05) is 37.3 Å². The first-order valence-electron chi connectivity index (χ1n) is 7.39. The summed E-state index contributed by atoms with van der Waals surface area (Å²) in [5, 5.41) is 0.421. The van der Waals surface area contributed by atoms with Gasteiger partial charge < -0.3 is 9.47 Å². The van der Waals surface area contributed by atoms with E-state index in [0.29, 0.717) is 17.3 Å². The Bertz CT molecular complexity index is 762. The number of nitrogens with zero attached hydrogens (tertiary/aromatic N) is 1. The Balaban J connectivity index is 2.11. The summed E-state index contributed by atoms with van der Waals surface area (Å²) >= 11 is 6.00. The molecule has 1 aliphatic carbocycles. The highest BCUT2D eigenvalue weighted by atomic mass is 35.5. The smallest absolute Gasteiger partial charge is 0.317 e. The fourth-order valence-corrected chi connectivity index (χ4v) is 3.39. The molecule has 4 nitrogen and oxygen atoms in total. The Morgan fingerprint density at radius 1 is 1.30 bits per heavy atom. The van der Waals surface area contributed by atoms with E-state index >= 15 is 0 Å². The summed E-state index contributed by atoms with van der Waals surface area (Å²) in [5.74, 6) is 0.350. The van der Waals surface area contributed by atoms with Gasteiger partial charge in [0.05, 0.1) is 14.2 Å². The predicted molar refractivity (Wildman–Crippen MR) is 88.0 cm³/mol. The maximum absolute atomic E-state index is 12.6. The number of aromatic nitrogens is 1. The first-order chi connectivity index (χ1) is 11.0. The number of rotatable bonds is 4. The highest BCUT2D eigenvalue weighted by Crippen LogP contribution is 2.62. The maximum atomic E-state index is 12.6. The number of hydrogen-bond acceptors (Lipinski definition) is 4. The monoisotopic (exact) mass is 331 g/mol. The van der Waals surface area contributed by atoms with Gasteiger partial charge in [-0.15, -0.1) is 0 Å². The molecule has 0 aliphatic heterocycles. The van der Waals surface area contributed by atoms with Crippen LogP contribution in [0.4, 0.5) is 0 Å². The van der Waals surface area contributed by atoms with Crippen molar-refractivity contribution in [2.24, 2.45) is 0 Å². The molecule has 2 aromatic rings. The standard InChI is InChI=1S/C18H18ClNO3/c1-11-7-8-15(22-2)12(9-11)18(17(21)23-3)10-13(18)14-5-4-6-16(19)20-14/h4-9,13H,10H2,1-3H3/t13-,18-/m1/s1. The molecule has 120 valence electrons. The topological polar surface area (TPSA) is 48.4 Å². The molecule has 1 fully saturated rings. The highest BCUT2D eigenvalue weighted by molar-refractivity contribution is 6.29. The lowest BCUT2D eigenvalue weighted by Gasteiger charge is -2.19. The molecule has 1 saturated carbocycles. The van der Waals surface area contributed by atoms with Gasteiger partial charge in [0.15, 0.2) is 0 Å². The zero-order valence-electron chi connectivity index (χ0n) is 13.3. The zero-order chi connectivity index (χ0) is 16.6. The normalized spacial score (nSPS) is 22.5. The average molecular weight is 332 g/mol. The number of carbonyl (C=O) groups is 1. The first kappa shape index (κ1) is 15.8. The van der Waals surface area contributed by atoms with Crippen LogP contribution in [-0.2, 0) is 14.9 Å². The number of halogens is 1. The molecular formula is C18H18ClNO3. The minimum absolute atomic E-state index is 0.0654. The molecule has 0 N–H and O–H groups in total. The summed E-state index contributed by atoms with van der Waals surface area (Å²) in [6.45, 7) is 1.99. The summed E-state index contributed by atoms with van der Waals surface area (Å²) in [6.07, 6.45) is 0.632. The molecule has 23 heavy (non-hydrogen) atoms. The van der Waals surface area contributed by atoms with Crippen LogP contribution in [0, 0.1) is 6.92 Å². The van der Waals surface area contributed by atoms with Crippen LogP contribution in [0.3, 0.4) is 0 Å². The number of pyridine rings is 1. The van der Waals surface area contributed by atoms with Gasteiger partial charge in [0.25, 0.3) is 0 Å². The van der Waals surface area contributed by atoms with Crippen LogP contribution in [0.2, 0.25) is 5.15 Å². The van der Waals surface area contributed by atoms with Crippen LogP contribution < -0.4 is 4.74 Å². The molecule has 1 aromatic heterocycles. The number of carbonyl (C=O) groups excluding carboxylic acids is 1.